The number of nitrogens with one attached hydrogen (secondary N) is 1. The van der Waals surface area contributed by atoms with Gasteiger partial charge in [0.05, 0.1) is 6.10 Å². The average molecular weight is 302 g/mol. The van der Waals surface area contributed by atoms with Crippen LogP contribution in [0, 0.1) is 5.41 Å². The highest BCUT2D eigenvalue weighted by Crippen LogP contribution is 2.22. The zero-order valence-electron chi connectivity index (χ0n) is 13.9. The Morgan fingerprint density at radius 3 is 2.70 bits per heavy atom. The zero-order valence-corrected chi connectivity index (χ0v) is 14.7. The summed E-state index contributed by atoms with van der Waals surface area (Å²) in [5.41, 5.74) is 0.129. The van der Waals surface area contributed by atoms with Gasteiger partial charge < -0.3 is 15.0 Å². The van der Waals surface area contributed by atoms with Crippen LogP contribution in [-0.2, 0) is 4.74 Å². The smallest absolute Gasteiger partial charge is 0.193 e. The molecule has 118 valence electrons. The number of thioether (sulfide) groups is 1. The molecule has 2 unspecified atom stereocenters. The summed E-state index contributed by atoms with van der Waals surface area (Å²) in [6.07, 6.45) is 1.40. The molecule has 0 aromatic rings. The molecule has 1 rings (SSSR count). The van der Waals surface area contributed by atoms with E-state index in [0.29, 0.717) is 0 Å². The normalized spacial score (nSPS) is 22.8. The number of aliphatic imine (C=N–C) groups is 1. The molecule has 20 heavy (non-hydrogen) atoms. The number of methoxy groups -OCH3 is 1. The van der Waals surface area contributed by atoms with Gasteiger partial charge in [-0.25, -0.2) is 0 Å². The molecular weight excluding hydrogens is 270 g/mol. The highest BCUT2D eigenvalue weighted by Gasteiger charge is 2.26. The predicted molar refractivity (Wildman–Crippen MR) is 89.7 cm³/mol. The van der Waals surface area contributed by atoms with Crippen LogP contribution in [0.2, 0.25) is 0 Å². The molecule has 1 N–H and O–H groups in total. The monoisotopic (exact) mass is 301 g/mol. The number of hydrogen-bond acceptors (Lipinski definition) is 3. The third-order valence-corrected chi connectivity index (χ3v) is 5.17. The van der Waals surface area contributed by atoms with Crippen molar-refractivity contribution < 1.29 is 4.74 Å². The van der Waals surface area contributed by atoms with Crippen molar-refractivity contribution in [1.29, 1.82) is 0 Å². The van der Waals surface area contributed by atoms with Crippen molar-refractivity contribution in [3.8, 4) is 0 Å². The number of nitrogens with zero attached hydrogens (tertiary/aromatic N) is 2. The summed E-state index contributed by atoms with van der Waals surface area (Å²) in [5, 5.41) is 4.21. The summed E-state index contributed by atoms with van der Waals surface area (Å²) in [7, 11) is 3.65. The van der Waals surface area contributed by atoms with Crippen molar-refractivity contribution >= 4 is 17.7 Å². The van der Waals surface area contributed by atoms with Gasteiger partial charge >= 0.3 is 0 Å². The van der Waals surface area contributed by atoms with Crippen LogP contribution in [-0.4, -0.2) is 61.8 Å². The minimum atomic E-state index is 0.129. The first kappa shape index (κ1) is 17.6. The molecule has 1 saturated heterocycles. The highest BCUT2D eigenvalue weighted by molar-refractivity contribution is 8.00. The second-order valence-corrected chi connectivity index (χ2v) is 7.77. The van der Waals surface area contributed by atoms with Gasteiger partial charge in [-0.1, -0.05) is 27.7 Å². The number of rotatable bonds is 4. The summed E-state index contributed by atoms with van der Waals surface area (Å²) in [5.74, 6) is 2.20. The van der Waals surface area contributed by atoms with E-state index in [1.54, 1.807) is 7.11 Å². The molecule has 5 heteroatoms. The third kappa shape index (κ3) is 5.17. The number of ether oxygens (including phenoxy) is 1. The Morgan fingerprint density at radius 1 is 1.50 bits per heavy atom. The van der Waals surface area contributed by atoms with Crippen molar-refractivity contribution in [2.24, 2.45) is 10.4 Å². The standard InChI is InChI=1S/C15H31N3OS/c1-7-12-11-18(8-9-20-12)14(16-5)17-10-13(19-6)15(2,3)4/h12-13H,7-11H2,1-6H3,(H,16,17). The Balaban J connectivity index is 2.55. The topological polar surface area (TPSA) is 36.9 Å². The summed E-state index contributed by atoms with van der Waals surface area (Å²) < 4.78 is 5.60. The Kier molecular flexibility index (Phi) is 7.17. The zero-order chi connectivity index (χ0) is 15.2. The van der Waals surface area contributed by atoms with E-state index in [1.165, 1.54) is 12.2 Å². The van der Waals surface area contributed by atoms with E-state index < -0.39 is 0 Å². The molecule has 2 atom stereocenters. The minimum Gasteiger partial charge on any atom is -0.379 e. The molecule has 0 aliphatic carbocycles. The van der Waals surface area contributed by atoms with E-state index in [0.717, 1.165) is 30.8 Å². The molecule has 4 nitrogen and oxygen atoms in total. The van der Waals surface area contributed by atoms with Gasteiger partial charge in [0, 0.05) is 44.8 Å². The van der Waals surface area contributed by atoms with Crippen molar-refractivity contribution in [1.82, 2.24) is 10.2 Å². The van der Waals surface area contributed by atoms with Gasteiger partial charge in [0.1, 0.15) is 0 Å². The molecule has 1 fully saturated rings. The average Bonchev–Trinajstić information content (AvgIpc) is 2.42. The van der Waals surface area contributed by atoms with Crippen molar-refractivity contribution in [3.05, 3.63) is 0 Å². The molecule has 0 radical (unpaired) electrons. The quantitative estimate of drug-likeness (QED) is 0.639. The number of guanidine groups is 1. The van der Waals surface area contributed by atoms with Crippen LogP contribution in [0.15, 0.2) is 4.99 Å². The number of hydrogen-bond donors (Lipinski definition) is 1. The summed E-state index contributed by atoms with van der Waals surface area (Å²) in [6, 6.07) is 0. The maximum Gasteiger partial charge on any atom is 0.193 e. The first-order chi connectivity index (χ1) is 9.42. The van der Waals surface area contributed by atoms with E-state index in [1.807, 2.05) is 7.05 Å². The fourth-order valence-corrected chi connectivity index (χ4v) is 3.60. The van der Waals surface area contributed by atoms with Gasteiger partial charge in [-0.05, 0) is 11.8 Å². The molecule has 0 spiro atoms. The van der Waals surface area contributed by atoms with E-state index in [4.69, 9.17) is 4.74 Å². The van der Waals surface area contributed by atoms with E-state index in [-0.39, 0.29) is 11.5 Å². The van der Waals surface area contributed by atoms with E-state index in [2.05, 4.69) is 54.7 Å². The van der Waals surface area contributed by atoms with Crippen molar-refractivity contribution in [2.45, 2.75) is 45.5 Å². The van der Waals surface area contributed by atoms with Crippen molar-refractivity contribution in [3.63, 3.8) is 0 Å². The molecule has 1 heterocycles. The van der Waals surface area contributed by atoms with E-state index in [9.17, 15) is 0 Å². The largest absolute Gasteiger partial charge is 0.379 e. The Morgan fingerprint density at radius 2 is 2.20 bits per heavy atom. The third-order valence-electron chi connectivity index (χ3n) is 3.80. The fraction of sp³-hybridized carbons (Fsp3) is 0.933. The van der Waals surface area contributed by atoms with Crippen LogP contribution in [0.1, 0.15) is 34.1 Å². The molecule has 1 aliphatic heterocycles. The van der Waals surface area contributed by atoms with Gasteiger partial charge in [-0.15, -0.1) is 0 Å². The lowest BCUT2D eigenvalue weighted by Gasteiger charge is -2.36. The summed E-state index contributed by atoms with van der Waals surface area (Å²) in [6.45, 7) is 11.8. The summed E-state index contributed by atoms with van der Waals surface area (Å²) in [4.78, 5) is 6.81. The fourth-order valence-electron chi connectivity index (χ4n) is 2.42. The molecule has 1 aliphatic rings. The lowest BCUT2D eigenvalue weighted by molar-refractivity contribution is 0.0201. The molecular formula is C15H31N3OS. The van der Waals surface area contributed by atoms with Crippen molar-refractivity contribution in [2.75, 3.05) is 39.5 Å². The van der Waals surface area contributed by atoms with Gasteiger partial charge in [0.25, 0.3) is 0 Å². The van der Waals surface area contributed by atoms with Crippen LogP contribution in [0.25, 0.3) is 0 Å². The van der Waals surface area contributed by atoms with Gasteiger partial charge in [-0.3, -0.25) is 4.99 Å². The van der Waals surface area contributed by atoms with Crippen LogP contribution >= 0.6 is 11.8 Å². The first-order valence-corrected chi connectivity index (χ1v) is 8.57. The van der Waals surface area contributed by atoms with Gasteiger partial charge in [-0.2, -0.15) is 11.8 Å². The maximum atomic E-state index is 5.60. The minimum absolute atomic E-state index is 0.129. The lowest BCUT2D eigenvalue weighted by atomic mass is 9.89. The van der Waals surface area contributed by atoms with Gasteiger partial charge in [0.2, 0.25) is 0 Å². The predicted octanol–water partition coefficient (Wildman–Crippen LogP) is 2.45. The molecule has 0 bridgehead atoms. The van der Waals surface area contributed by atoms with Crippen LogP contribution in [0.4, 0.5) is 0 Å². The maximum absolute atomic E-state index is 5.60. The van der Waals surface area contributed by atoms with E-state index >= 15 is 0 Å². The second-order valence-electron chi connectivity index (χ2n) is 6.37. The summed E-state index contributed by atoms with van der Waals surface area (Å²) >= 11 is 2.08. The van der Waals surface area contributed by atoms with Gasteiger partial charge in [0.15, 0.2) is 5.96 Å². The Bertz CT molecular complexity index is 315. The van der Waals surface area contributed by atoms with Crippen LogP contribution < -0.4 is 5.32 Å². The first-order valence-electron chi connectivity index (χ1n) is 7.52. The SMILES string of the molecule is CCC1CN(C(=NC)NCC(OC)C(C)(C)C)CCS1. The lowest BCUT2D eigenvalue weighted by Crippen LogP contribution is -2.50. The Labute approximate surface area is 128 Å². The molecule has 0 aromatic heterocycles. The van der Waals surface area contributed by atoms with Crippen LogP contribution in [0.3, 0.4) is 0 Å². The molecule has 0 amide bonds. The molecule has 0 saturated carbocycles. The molecule has 0 aromatic carbocycles. The highest BCUT2D eigenvalue weighted by atomic mass is 32.2. The Hall–Kier alpha value is -0.420. The second kappa shape index (κ2) is 8.13. The van der Waals surface area contributed by atoms with Crippen LogP contribution in [0.5, 0.6) is 0 Å².